The van der Waals surface area contributed by atoms with Crippen molar-refractivity contribution in [3.05, 3.63) is 58.6 Å². The number of aryl methyl sites for hydroxylation is 2. The first-order valence-electron chi connectivity index (χ1n) is 9.12. The third-order valence-electron chi connectivity index (χ3n) is 4.50. The molecule has 11 nitrogen and oxygen atoms in total. The molecule has 0 aliphatic rings. The number of benzene rings is 2. The summed E-state index contributed by atoms with van der Waals surface area (Å²) in [4.78, 5) is 24.9. The minimum atomic E-state index is -0.283. The molecule has 0 bridgehead atoms. The van der Waals surface area contributed by atoms with E-state index in [2.05, 4.69) is 31.2 Å². The van der Waals surface area contributed by atoms with E-state index >= 15 is 0 Å². The average Bonchev–Trinajstić information content (AvgIpc) is 3.19. The van der Waals surface area contributed by atoms with Gasteiger partial charge in [0.25, 0.3) is 5.56 Å². The molecule has 0 saturated carbocycles. The van der Waals surface area contributed by atoms with E-state index in [-0.39, 0.29) is 24.4 Å². The molecule has 152 valence electrons. The van der Waals surface area contributed by atoms with Gasteiger partial charge in [-0.3, -0.25) is 9.59 Å². The number of carbonyl (C=O) groups is 1. The second-order valence-corrected chi connectivity index (χ2v) is 6.46. The summed E-state index contributed by atoms with van der Waals surface area (Å²) in [6.07, 6.45) is 0.0538. The molecule has 4 rings (SSSR count). The topological polar surface area (TPSA) is 130 Å². The van der Waals surface area contributed by atoms with Gasteiger partial charge in [-0.2, -0.15) is 4.68 Å². The predicted octanol–water partition coefficient (Wildman–Crippen LogP) is 1.11. The van der Waals surface area contributed by atoms with Gasteiger partial charge in [-0.15, -0.1) is 10.2 Å². The Kier molecular flexibility index (Phi) is 5.16. The molecule has 0 atom stereocenters. The molecular weight excluding hydrogens is 388 g/mol. The Bertz CT molecular complexity index is 1280. The monoisotopic (exact) mass is 406 g/mol. The Hall–Kier alpha value is -4.15. The lowest BCUT2D eigenvalue weighted by atomic mass is 10.2. The fourth-order valence-corrected chi connectivity index (χ4v) is 2.99. The number of amides is 1. The number of hydrogen-bond donors (Lipinski definition) is 1. The Labute approximate surface area is 170 Å². The van der Waals surface area contributed by atoms with E-state index in [1.165, 1.54) is 9.36 Å². The van der Waals surface area contributed by atoms with Gasteiger partial charge >= 0.3 is 0 Å². The SMILES string of the molecule is COc1ccc(NC(=O)CCn2nnc3ccccc3c2=O)cc1-n1nnnc1C. The number of nitrogens with one attached hydrogen (secondary N) is 1. The van der Waals surface area contributed by atoms with Crippen molar-refractivity contribution >= 4 is 22.5 Å². The third kappa shape index (κ3) is 3.72. The summed E-state index contributed by atoms with van der Waals surface area (Å²) >= 11 is 0. The van der Waals surface area contributed by atoms with Crippen LogP contribution in [0.4, 0.5) is 5.69 Å². The van der Waals surface area contributed by atoms with Crippen LogP contribution in [0.15, 0.2) is 47.3 Å². The van der Waals surface area contributed by atoms with Crippen LogP contribution in [0.5, 0.6) is 5.75 Å². The zero-order valence-corrected chi connectivity index (χ0v) is 16.3. The average molecular weight is 406 g/mol. The first-order chi connectivity index (χ1) is 14.6. The molecule has 2 aromatic carbocycles. The van der Waals surface area contributed by atoms with Crippen molar-refractivity contribution in [3.63, 3.8) is 0 Å². The smallest absolute Gasteiger partial charge is 0.277 e. The van der Waals surface area contributed by atoms with Crippen LogP contribution in [-0.4, -0.2) is 48.2 Å². The van der Waals surface area contributed by atoms with E-state index in [9.17, 15) is 9.59 Å². The Morgan fingerprint density at radius 3 is 2.73 bits per heavy atom. The maximum Gasteiger partial charge on any atom is 0.277 e. The molecule has 0 aliphatic carbocycles. The summed E-state index contributed by atoms with van der Waals surface area (Å²) in [5, 5.41) is 22.6. The fourth-order valence-electron chi connectivity index (χ4n) is 2.99. The quantitative estimate of drug-likeness (QED) is 0.504. The molecule has 1 amide bonds. The van der Waals surface area contributed by atoms with Crippen LogP contribution < -0.4 is 15.6 Å². The summed E-state index contributed by atoms with van der Waals surface area (Å²) < 4.78 is 8.05. The minimum absolute atomic E-state index is 0.0538. The number of carbonyl (C=O) groups excluding carboxylic acids is 1. The highest BCUT2D eigenvalue weighted by atomic mass is 16.5. The highest BCUT2D eigenvalue weighted by molar-refractivity contribution is 5.91. The van der Waals surface area contributed by atoms with E-state index in [1.807, 2.05) is 0 Å². The maximum absolute atomic E-state index is 12.5. The predicted molar refractivity (Wildman–Crippen MR) is 107 cm³/mol. The van der Waals surface area contributed by atoms with E-state index in [4.69, 9.17) is 4.74 Å². The van der Waals surface area contributed by atoms with Crippen LogP contribution in [0, 0.1) is 6.92 Å². The second-order valence-electron chi connectivity index (χ2n) is 6.46. The van der Waals surface area contributed by atoms with Crippen molar-refractivity contribution in [1.82, 2.24) is 35.2 Å². The Morgan fingerprint density at radius 2 is 1.97 bits per heavy atom. The highest BCUT2D eigenvalue weighted by Crippen LogP contribution is 2.26. The first kappa shape index (κ1) is 19.2. The lowest BCUT2D eigenvalue weighted by Gasteiger charge is -2.12. The zero-order chi connectivity index (χ0) is 21.1. The molecule has 30 heavy (non-hydrogen) atoms. The second kappa shape index (κ2) is 8.07. The molecule has 0 unspecified atom stereocenters. The van der Waals surface area contributed by atoms with Crippen molar-refractivity contribution in [2.45, 2.75) is 19.9 Å². The van der Waals surface area contributed by atoms with Crippen molar-refractivity contribution in [3.8, 4) is 11.4 Å². The molecule has 11 heteroatoms. The first-order valence-corrected chi connectivity index (χ1v) is 9.12. The summed E-state index contributed by atoms with van der Waals surface area (Å²) in [6, 6.07) is 12.1. The standard InChI is InChI=1S/C19H18N8O3/c1-12-21-23-25-27(12)16-11-13(7-8-17(16)30-2)20-18(28)9-10-26-19(29)14-5-3-4-6-15(14)22-24-26/h3-8,11H,9-10H2,1-2H3,(H,20,28). The van der Waals surface area contributed by atoms with Crippen LogP contribution in [-0.2, 0) is 11.3 Å². The molecule has 0 saturated heterocycles. The Balaban J connectivity index is 1.49. The molecule has 2 aromatic heterocycles. The van der Waals surface area contributed by atoms with Crippen LogP contribution in [0.1, 0.15) is 12.2 Å². The lowest BCUT2D eigenvalue weighted by Crippen LogP contribution is -2.26. The summed E-state index contributed by atoms with van der Waals surface area (Å²) in [7, 11) is 1.54. The van der Waals surface area contributed by atoms with E-state index in [0.717, 1.165) is 0 Å². The molecule has 0 fully saturated rings. The van der Waals surface area contributed by atoms with E-state index < -0.39 is 0 Å². The van der Waals surface area contributed by atoms with Gasteiger partial charge in [0, 0.05) is 12.1 Å². The normalized spacial score (nSPS) is 10.9. The van der Waals surface area contributed by atoms with Crippen LogP contribution >= 0.6 is 0 Å². The number of nitrogens with zero attached hydrogens (tertiary/aromatic N) is 7. The summed E-state index contributed by atoms with van der Waals surface area (Å²) in [5.41, 5.74) is 1.37. The maximum atomic E-state index is 12.5. The van der Waals surface area contributed by atoms with Gasteiger partial charge in [0.05, 0.1) is 19.0 Å². The van der Waals surface area contributed by atoms with Crippen molar-refractivity contribution in [1.29, 1.82) is 0 Å². The van der Waals surface area contributed by atoms with E-state index in [0.29, 0.717) is 33.9 Å². The van der Waals surface area contributed by atoms with Gasteiger partial charge in [0.1, 0.15) is 17.0 Å². The molecule has 4 aromatic rings. The number of aromatic nitrogens is 7. The summed E-state index contributed by atoms with van der Waals surface area (Å²) in [6.45, 7) is 1.87. The molecule has 0 spiro atoms. The molecule has 2 heterocycles. The number of ether oxygens (including phenoxy) is 1. The van der Waals surface area contributed by atoms with Crippen LogP contribution in [0.25, 0.3) is 16.6 Å². The van der Waals surface area contributed by atoms with Crippen molar-refractivity contribution in [2.24, 2.45) is 0 Å². The third-order valence-corrected chi connectivity index (χ3v) is 4.50. The fraction of sp³-hybridized carbons (Fsp3) is 0.211. The van der Waals surface area contributed by atoms with Crippen LogP contribution in [0.2, 0.25) is 0 Å². The van der Waals surface area contributed by atoms with Gasteiger partial charge in [-0.1, -0.05) is 17.3 Å². The lowest BCUT2D eigenvalue weighted by molar-refractivity contribution is -0.116. The number of methoxy groups -OCH3 is 1. The molecule has 0 aliphatic heterocycles. The van der Waals surface area contributed by atoms with Crippen molar-refractivity contribution in [2.75, 3.05) is 12.4 Å². The Morgan fingerprint density at radius 1 is 1.13 bits per heavy atom. The minimum Gasteiger partial charge on any atom is -0.494 e. The molecule has 1 N–H and O–H groups in total. The highest BCUT2D eigenvalue weighted by Gasteiger charge is 2.13. The van der Waals surface area contributed by atoms with Gasteiger partial charge in [0.2, 0.25) is 5.91 Å². The van der Waals surface area contributed by atoms with Crippen molar-refractivity contribution < 1.29 is 9.53 Å². The number of anilines is 1. The van der Waals surface area contributed by atoms with E-state index in [1.54, 1.807) is 56.5 Å². The van der Waals surface area contributed by atoms with Crippen LogP contribution in [0.3, 0.4) is 0 Å². The van der Waals surface area contributed by atoms with Gasteiger partial charge < -0.3 is 10.1 Å². The largest absolute Gasteiger partial charge is 0.494 e. The number of fused-ring (bicyclic) bond motifs is 1. The van der Waals surface area contributed by atoms with Gasteiger partial charge in [-0.05, 0) is 47.7 Å². The summed E-state index contributed by atoms with van der Waals surface area (Å²) in [5.74, 6) is 0.855. The number of tetrazole rings is 1. The number of rotatable bonds is 6. The molecular formula is C19H18N8O3. The molecule has 0 radical (unpaired) electrons. The van der Waals surface area contributed by atoms with Gasteiger partial charge in [0.15, 0.2) is 5.82 Å². The zero-order valence-electron chi connectivity index (χ0n) is 16.3. The number of hydrogen-bond acceptors (Lipinski definition) is 8. The van der Waals surface area contributed by atoms with Gasteiger partial charge in [-0.25, -0.2) is 4.68 Å².